The Hall–Kier alpha value is -2.42. The molecule has 4 unspecified atom stereocenters. The molecule has 3 aromatic rings. The Balaban J connectivity index is 1.78. The van der Waals surface area contributed by atoms with Crippen molar-refractivity contribution in [3.05, 3.63) is 108 Å². The highest BCUT2D eigenvalue weighted by atomic mass is 16.3. The molecule has 4 atom stereocenters. The van der Waals surface area contributed by atoms with Gasteiger partial charge in [0.05, 0.1) is 6.10 Å². The third-order valence-electron chi connectivity index (χ3n) is 5.66. The molecule has 2 nitrogen and oxygen atoms in total. The summed E-state index contributed by atoms with van der Waals surface area (Å²) in [5.74, 6) is 0.0589. The molecular formula is C24H25NO. The first kappa shape index (κ1) is 17.0. The van der Waals surface area contributed by atoms with E-state index in [2.05, 4.69) is 90.8 Å². The van der Waals surface area contributed by atoms with Crippen molar-refractivity contribution in [2.45, 2.75) is 30.5 Å². The molecule has 1 fully saturated rings. The zero-order chi connectivity index (χ0) is 17.9. The Labute approximate surface area is 155 Å². The van der Waals surface area contributed by atoms with Gasteiger partial charge in [0.25, 0.3) is 0 Å². The van der Waals surface area contributed by atoms with Gasteiger partial charge >= 0.3 is 0 Å². The first-order valence-electron chi connectivity index (χ1n) is 9.30. The summed E-state index contributed by atoms with van der Waals surface area (Å²) < 4.78 is 0. The molecular weight excluding hydrogens is 318 g/mol. The molecule has 132 valence electrons. The molecule has 1 heterocycles. The fraction of sp³-hybridized carbons (Fsp3) is 0.250. The van der Waals surface area contributed by atoms with Crippen molar-refractivity contribution < 1.29 is 5.11 Å². The van der Waals surface area contributed by atoms with Crippen molar-refractivity contribution in [2.24, 2.45) is 0 Å². The second-order valence-electron chi connectivity index (χ2n) is 7.19. The van der Waals surface area contributed by atoms with E-state index in [0.29, 0.717) is 0 Å². The molecule has 0 amide bonds. The van der Waals surface area contributed by atoms with Crippen molar-refractivity contribution in [1.29, 1.82) is 0 Å². The summed E-state index contributed by atoms with van der Waals surface area (Å²) in [4.78, 5) is 2.44. The van der Waals surface area contributed by atoms with E-state index in [9.17, 15) is 5.11 Å². The maximum absolute atomic E-state index is 11.2. The van der Waals surface area contributed by atoms with Crippen LogP contribution in [-0.4, -0.2) is 23.2 Å². The third-order valence-corrected chi connectivity index (χ3v) is 5.66. The molecule has 1 aliphatic heterocycles. The number of aliphatic hydroxyl groups excluding tert-OH is 1. The van der Waals surface area contributed by atoms with E-state index in [1.807, 2.05) is 12.1 Å². The standard InChI is InChI=1S/C24H25NO/c1-25-21(18-11-5-2-6-12-18)17-22(26)23(19-13-7-3-8-14-19)24(25)20-15-9-4-10-16-20/h2-16,21-24,26H,17H2,1H3. The molecule has 0 saturated carbocycles. The summed E-state index contributed by atoms with van der Waals surface area (Å²) in [7, 11) is 2.19. The molecule has 0 spiro atoms. The van der Waals surface area contributed by atoms with Crippen molar-refractivity contribution in [1.82, 2.24) is 4.90 Å². The highest BCUT2D eigenvalue weighted by Crippen LogP contribution is 2.48. The second kappa shape index (κ2) is 7.45. The number of aliphatic hydroxyl groups is 1. The first-order chi connectivity index (χ1) is 12.8. The van der Waals surface area contributed by atoms with Gasteiger partial charge in [-0.15, -0.1) is 0 Å². The van der Waals surface area contributed by atoms with Crippen LogP contribution in [-0.2, 0) is 0 Å². The van der Waals surface area contributed by atoms with Gasteiger partial charge in [0, 0.05) is 18.0 Å². The number of benzene rings is 3. The lowest BCUT2D eigenvalue weighted by molar-refractivity contribution is -0.00811. The van der Waals surface area contributed by atoms with Crippen LogP contribution in [0.15, 0.2) is 91.0 Å². The highest BCUT2D eigenvalue weighted by Gasteiger charge is 2.42. The van der Waals surface area contributed by atoms with Crippen LogP contribution in [0.1, 0.15) is 41.1 Å². The number of likely N-dealkylation sites (N-methyl/N-ethyl adjacent to an activating group) is 1. The van der Waals surface area contributed by atoms with Gasteiger partial charge in [-0.05, 0) is 30.2 Å². The predicted octanol–water partition coefficient (Wildman–Crippen LogP) is 4.95. The molecule has 1 saturated heterocycles. The van der Waals surface area contributed by atoms with Gasteiger partial charge in [0.2, 0.25) is 0 Å². The number of likely N-dealkylation sites (tertiary alicyclic amines) is 1. The van der Waals surface area contributed by atoms with E-state index in [4.69, 9.17) is 0 Å². The summed E-state index contributed by atoms with van der Waals surface area (Å²) in [6.45, 7) is 0. The van der Waals surface area contributed by atoms with Crippen LogP contribution < -0.4 is 0 Å². The van der Waals surface area contributed by atoms with Gasteiger partial charge in [0.15, 0.2) is 0 Å². The Morgan fingerprint density at radius 3 is 1.69 bits per heavy atom. The fourth-order valence-electron chi connectivity index (χ4n) is 4.42. The fourth-order valence-corrected chi connectivity index (χ4v) is 4.42. The van der Waals surface area contributed by atoms with Crippen molar-refractivity contribution in [3.8, 4) is 0 Å². The van der Waals surface area contributed by atoms with E-state index >= 15 is 0 Å². The number of hydrogen-bond acceptors (Lipinski definition) is 2. The Morgan fingerprint density at radius 2 is 1.15 bits per heavy atom. The van der Waals surface area contributed by atoms with Crippen molar-refractivity contribution in [2.75, 3.05) is 7.05 Å². The maximum Gasteiger partial charge on any atom is 0.0645 e. The van der Waals surface area contributed by atoms with Gasteiger partial charge in [-0.3, -0.25) is 4.90 Å². The molecule has 0 aromatic heterocycles. The molecule has 0 radical (unpaired) electrons. The minimum atomic E-state index is -0.385. The number of piperidine rings is 1. The summed E-state index contributed by atoms with van der Waals surface area (Å²) in [5, 5.41) is 11.2. The molecule has 0 aliphatic carbocycles. The van der Waals surface area contributed by atoms with E-state index in [0.717, 1.165) is 6.42 Å². The summed E-state index contributed by atoms with van der Waals surface area (Å²) in [6.07, 6.45) is 0.354. The Kier molecular flexibility index (Phi) is 4.87. The number of nitrogens with zero attached hydrogens (tertiary/aromatic N) is 1. The monoisotopic (exact) mass is 343 g/mol. The van der Waals surface area contributed by atoms with E-state index in [1.165, 1.54) is 16.7 Å². The first-order valence-corrected chi connectivity index (χ1v) is 9.30. The normalized spacial score (nSPS) is 26.5. The molecule has 26 heavy (non-hydrogen) atoms. The van der Waals surface area contributed by atoms with Gasteiger partial charge < -0.3 is 5.11 Å². The van der Waals surface area contributed by atoms with E-state index in [1.54, 1.807) is 0 Å². The van der Waals surface area contributed by atoms with Crippen LogP contribution in [0.4, 0.5) is 0 Å². The SMILES string of the molecule is CN1C(c2ccccc2)CC(O)C(c2ccccc2)C1c1ccccc1. The van der Waals surface area contributed by atoms with Crippen molar-refractivity contribution >= 4 is 0 Å². The van der Waals surface area contributed by atoms with Crippen LogP contribution in [0.3, 0.4) is 0 Å². The summed E-state index contributed by atoms with van der Waals surface area (Å²) in [5.41, 5.74) is 3.72. The third kappa shape index (κ3) is 3.18. The highest BCUT2D eigenvalue weighted by molar-refractivity contribution is 5.32. The summed E-state index contributed by atoms with van der Waals surface area (Å²) in [6, 6.07) is 31.9. The van der Waals surface area contributed by atoms with Crippen LogP contribution in [0.25, 0.3) is 0 Å². The average molecular weight is 343 g/mol. The van der Waals surface area contributed by atoms with Crippen molar-refractivity contribution in [3.63, 3.8) is 0 Å². The van der Waals surface area contributed by atoms with Gasteiger partial charge in [-0.25, -0.2) is 0 Å². The topological polar surface area (TPSA) is 23.5 Å². The molecule has 1 aliphatic rings. The predicted molar refractivity (Wildman–Crippen MR) is 106 cm³/mol. The molecule has 1 N–H and O–H groups in total. The van der Waals surface area contributed by atoms with Gasteiger partial charge in [-0.1, -0.05) is 91.0 Å². The quantitative estimate of drug-likeness (QED) is 0.727. The lowest BCUT2D eigenvalue weighted by atomic mass is 9.75. The lowest BCUT2D eigenvalue weighted by Gasteiger charge is -2.47. The number of hydrogen-bond donors (Lipinski definition) is 1. The molecule has 0 bridgehead atoms. The van der Waals surface area contributed by atoms with Crippen LogP contribution >= 0.6 is 0 Å². The van der Waals surface area contributed by atoms with E-state index < -0.39 is 0 Å². The lowest BCUT2D eigenvalue weighted by Crippen LogP contribution is -2.44. The van der Waals surface area contributed by atoms with Crippen LogP contribution in [0, 0.1) is 0 Å². The van der Waals surface area contributed by atoms with Crippen LogP contribution in [0.2, 0.25) is 0 Å². The Bertz CT molecular complexity index is 819. The zero-order valence-corrected chi connectivity index (χ0v) is 15.1. The minimum Gasteiger partial charge on any atom is -0.392 e. The maximum atomic E-state index is 11.2. The Morgan fingerprint density at radius 1 is 0.692 bits per heavy atom. The molecule has 2 heteroatoms. The molecule has 4 rings (SSSR count). The molecule has 3 aromatic carbocycles. The van der Waals surface area contributed by atoms with Gasteiger partial charge in [-0.2, -0.15) is 0 Å². The zero-order valence-electron chi connectivity index (χ0n) is 15.1. The largest absolute Gasteiger partial charge is 0.392 e. The average Bonchev–Trinajstić information content (AvgIpc) is 2.71. The number of rotatable bonds is 3. The second-order valence-corrected chi connectivity index (χ2v) is 7.19. The minimum absolute atomic E-state index is 0.0589. The van der Waals surface area contributed by atoms with E-state index in [-0.39, 0.29) is 24.1 Å². The summed E-state index contributed by atoms with van der Waals surface area (Å²) >= 11 is 0. The van der Waals surface area contributed by atoms with Crippen LogP contribution in [0.5, 0.6) is 0 Å². The van der Waals surface area contributed by atoms with Gasteiger partial charge in [0.1, 0.15) is 0 Å². The smallest absolute Gasteiger partial charge is 0.0645 e.